The van der Waals surface area contributed by atoms with Gasteiger partial charge in [-0.1, -0.05) is 55.7 Å². The Kier molecular flexibility index (Phi) is 5.56. The average molecular weight is 371 g/mol. The summed E-state index contributed by atoms with van der Waals surface area (Å²) >= 11 is 1.44. The Morgan fingerprint density at radius 1 is 1.08 bits per heavy atom. The van der Waals surface area contributed by atoms with Crippen LogP contribution in [0, 0.1) is 17.8 Å². The fourth-order valence-corrected chi connectivity index (χ4v) is 6.69. The van der Waals surface area contributed by atoms with Crippen LogP contribution in [0.5, 0.6) is 0 Å². The van der Waals surface area contributed by atoms with Crippen molar-refractivity contribution in [1.82, 2.24) is 0 Å². The van der Waals surface area contributed by atoms with Crippen molar-refractivity contribution in [1.29, 1.82) is 0 Å². The van der Waals surface area contributed by atoms with Gasteiger partial charge in [0, 0.05) is 11.3 Å². The molecule has 4 heteroatoms. The summed E-state index contributed by atoms with van der Waals surface area (Å²) in [6.45, 7) is 2.13. The Bertz CT molecular complexity index is 864. The van der Waals surface area contributed by atoms with Crippen LogP contribution in [0.4, 0.5) is 0 Å². The van der Waals surface area contributed by atoms with Crippen LogP contribution in [0.1, 0.15) is 32.6 Å². The lowest BCUT2D eigenvalue weighted by atomic mass is 10.2. The van der Waals surface area contributed by atoms with E-state index in [1.165, 1.54) is 11.8 Å². The first kappa shape index (κ1) is 18.1. The third-order valence-electron chi connectivity index (χ3n) is 4.33. The maximum Gasteiger partial charge on any atom is 0.194 e. The highest BCUT2D eigenvalue weighted by Gasteiger charge is 2.64. The SMILES string of the molecule is CCCCC#C[C@H]1C[C@]1(Sc1ccccc1)S(=O)(=O)c1ccccc1. The van der Waals surface area contributed by atoms with Crippen molar-refractivity contribution in [2.75, 3.05) is 0 Å². The monoisotopic (exact) mass is 370 g/mol. The van der Waals surface area contributed by atoms with Crippen molar-refractivity contribution in [2.24, 2.45) is 5.92 Å². The quantitative estimate of drug-likeness (QED) is 0.520. The Labute approximate surface area is 155 Å². The van der Waals surface area contributed by atoms with Gasteiger partial charge in [-0.15, -0.1) is 17.7 Å². The van der Waals surface area contributed by atoms with Gasteiger partial charge in [-0.2, -0.15) is 0 Å². The van der Waals surface area contributed by atoms with Crippen LogP contribution in [-0.2, 0) is 9.84 Å². The van der Waals surface area contributed by atoms with Crippen LogP contribution in [0.15, 0.2) is 70.5 Å². The van der Waals surface area contributed by atoms with Gasteiger partial charge in [0.05, 0.1) is 10.8 Å². The fraction of sp³-hybridized carbons (Fsp3) is 0.333. The molecule has 0 heterocycles. The number of benzene rings is 2. The molecular formula is C21H22O2S2. The van der Waals surface area contributed by atoms with E-state index in [2.05, 4.69) is 18.8 Å². The lowest BCUT2D eigenvalue weighted by Gasteiger charge is -2.17. The van der Waals surface area contributed by atoms with Gasteiger partial charge >= 0.3 is 0 Å². The molecule has 1 aliphatic rings. The number of hydrogen-bond donors (Lipinski definition) is 0. The first-order chi connectivity index (χ1) is 12.1. The molecule has 25 heavy (non-hydrogen) atoms. The molecule has 0 bridgehead atoms. The molecule has 0 unspecified atom stereocenters. The number of hydrogen-bond acceptors (Lipinski definition) is 3. The predicted molar refractivity (Wildman–Crippen MR) is 104 cm³/mol. The van der Waals surface area contributed by atoms with Crippen molar-refractivity contribution in [2.45, 2.75) is 46.5 Å². The van der Waals surface area contributed by atoms with Crippen LogP contribution in [0.3, 0.4) is 0 Å². The lowest BCUT2D eigenvalue weighted by Crippen LogP contribution is -2.22. The molecule has 2 nitrogen and oxygen atoms in total. The summed E-state index contributed by atoms with van der Waals surface area (Å²) in [4.78, 5) is 1.36. The highest BCUT2D eigenvalue weighted by atomic mass is 32.3. The molecule has 2 aromatic rings. The van der Waals surface area contributed by atoms with Crippen molar-refractivity contribution >= 4 is 21.6 Å². The van der Waals surface area contributed by atoms with E-state index in [4.69, 9.17) is 0 Å². The molecule has 2 atom stereocenters. The first-order valence-electron chi connectivity index (χ1n) is 8.62. The molecule has 2 aromatic carbocycles. The van der Waals surface area contributed by atoms with E-state index in [1.807, 2.05) is 36.4 Å². The molecule has 1 aliphatic carbocycles. The van der Waals surface area contributed by atoms with E-state index in [-0.39, 0.29) is 5.92 Å². The van der Waals surface area contributed by atoms with Crippen molar-refractivity contribution in [3.05, 3.63) is 60.7 Å². The summed E-state index contributed by atoms with van der Waals surface area (Å²) < 4.78 is 25.8. The highest BCUT2D eigenvalue weighted by molar-refractivity contribution is 8.15. The zero-order valence-corrected chi connectivity index (χ0v) is 15.9. The summed E-state index contributed by atoms with van der Waals surface area (Å²) in [5, 5.41) is 0. The van der Waals surface area contributed by atoms with Crippen molar-refractivity contribution in [3.8, 4) is 11.8 Å². The third kappa shape index (κ3) is 3.78. The van der Waals surface area contributed by atoms with Crippen LogP contribution in [0.25, 0.3) is 0 Å². The molecule has 0 radical (unpaired) electrons. The smallest absolute Gasteiger partial charge is 0.194 e. The molecule has 0 saturated heterocycles. The number of sulfone groups is 1. The van der Waals surface area contributed by atoms with E-state index in [0.717, 1.165) is 24.2 Å². The summed E-state index contributed by atoms with van der Waals surface area (Å²) in [5.41, 5.74) is 0. The minimum absolute atomic E-state index is 0.111. The number of thioether (sulfide) groups is 1. The largest absolute Gasteiger partial charge is 0.222 e. The molecule has 1 saturated carbocycles. The van der Waals surface area contributed by atoms with Gasteiger partial charge in [0.25, 0.3) is 0 Å². The average Bonchev–Trinajstić information content (AvgIpc) is 3.35. The van der Waals surface area contributed by atoms with Gasteiger partial charge in [-0.25, -0.2) is 8.42 Å². The Balaban J connectivity index is 1.92. The van der Waals surface area contributed by atoms with Crippen LogP contribution in [-0.4, -0.2) is 12.5 Å². The first-order valence-corrected chi connectivity index (χ1v) is 10.9. The second kappa shape index (κ2) is 7.68. The Morgan fingerprint density at radius 2 is 1.72 bits per heavy atom. The molecule has 3 rings (SSSR count). The van der Waals surface area contributed by atoms with Crippen molar-refractivity contribution in [3.63, 3.8) is 0 Å². The standard InChI is InChI=1S/C21H22O2S2/c1-2-3-4-7-12-18-17-21(18,24-19-13-8-5-9-14-19)25(22,23)20-15-10-6-11-16-20/h5-6,8-11,13-16,18H,2-4,17H2,1H3/t18-,21-/m0/s1. The second-order valence-corrected chi connectivity index (χ2v) is 10.1. The Hall–Kier alpha value is -1.70. The molecule has 0 spiro atoms. The summed E-state index contributed by atoms with van der Waals surface area (Å²) in [6.07, 6.45) is 3.59. The zero-order chi connectivity index (χ0) is 17.8. The van der Waals surface area contributed by atoms with Crippen LogP contribution >= 0.6 is 11.8 Å². The summed E-state index contributed by atoms with van der Waals surface area (Å²) in [6, 6.07) is 18.5. The second-order valence-electron chi connectivity index (χ2n) is 6.22. The van der Waals surface area contributed by atoms with Gasteiger partial charge in [0.15, 0.2) is 9.84 Å². The molecule has 130 valence electrons. The summed E-state index contributed by atoms with van der Waals surface area (Å²) in [5.74, 6) is 6.30. The van der Waals surface area contributed by atoms with Gasteiger partial charge in [-0.05, 0) is 37.1 Å². The van der Waals surface area contributed by atoms with Gasteiger partial charge < -0.3 is 0 Å². The fourth-order valence-electron chi connectivity index (χ4n) is 2.80. The predicted octanol–water partition coefficient (Wildman–Crippen LogP) is 5.16. The minimum atomic E-state index is -3.46. The minimum Gasteiger partial charge on any atom is -0.222 e. The van der Waals surface area contributed by atoms with E-state index < -0.39 is 13.9 Å². The molecule has 0 amide bonds. The Morgan fingerprint density at radius 3 is 2.36 bits per heavy atom. The lowest BCUT2D eigenvalue weighted by molar-refractivity contribution is 0.591. The third-order valence-corrected chi connectivity index (χ3v) is 8.80. The highest BCUT2D eigenvalue weighted by Crippen LogP contribution is 2.61. The van der Waals surface area contributed by atoms with E-state index in [0.29, 0.717) is 11.3 Å². The van der Waals surface area contributed by atoms with Gasteiger partial charge in [-0.3, -0.25) is 0 Å². The normalized spacial score (nSPS) is 22.0. The molecule has 0 N–H and O–H groups in total. The number of rotatable bonds is 6. The van der Waals surface area contributed by atoms with Crippen LogP contribution in [0.2, 0.25) is 0 Å². The van der Waals surface area contributed by atoms with Crippen molar-refractivity contribution < 1.29 is 8.42 Å². The molecule has 0 aromatic heterocycles. The van der Waals surface area contributed by atoms with E-state index in [9.17, 15) is 8.42 Å². The van der Waals surface area contributed by atoms with E-state index in [1.54, 1.807) is 24.3 Å². The topological polar surface area (TPSA) is 34.1 Å². The summed E-state index contributed by atoms with van der Waals surface area (Å²) in [7, 11) is -3.46. The maximum absolute atomic E-state index is 13.3. The van der Waals surface area contributed by atoms with Gasteiger partial charge in [0.2, 0.25) is 0 Å². The van der Waals surface area contributed by atoms with Crippen LogP contribution < -0.4 is 0 Å². The molecular weight excluding hydrogens is 348 g/mol. The molecule has 0 aliphatic heterocycles. The number of unbranched alkanes of at least 4 members (excludes halogenated alkanes) is 2. The maximum atomic E-state index is 13.3. The molecule has 1 fully saturated rings. The van der Waals surface area contributed by atoms with Gasteiger partial charge in [0.1, 0.15) is 4.08 Å². The zero-order valence-electron chi connectivity index (χ0n) is 14.3. The van der Waals surface area contributed by atoms with E-state index >= 15 is 0 Å².